The van der Waals surface area contributed by atoms with Crippen molar-refractivity contribution in [2.24, 2.45) is 0 Å². The summed E-state index contributed by atoms with van der Waals surface area (Å²) in [4.78, 5) is 14.2. The van der Waals surface area contributed by atoms with E-state index in [1.165, 1.54) is 16.7 Å². The van der Waals surface area contributed by atoms with Crippen LogP contribution in [0.2, 0.25) is 0 Å². The van der Waals surface area contributed by atoms with Crippen LogP contribution in [-0.4, -0.2) is 30.7 Å². The summed E-state index contributed by atoms with van der Waals surface area (Å²) in [7, 11) is 3.81. The summed E-state index contributed by atoms with van der Waals surface area (Å²) < 4.78 is 5.53. The van der Waals surface area contributed by atoms with Crippen molar-refractivity contribution in [3.63, 3.8) is 0 Å². The fraction of sp³-hybridized carbons (Fsp3) is 0.286. The molecule has 0 fully saturated rings. The first-order valence-corrected chi connectivity index (χ1v) is 13.6. The number of hydrogen-bond donors (Lipinski definition) is 1. The Morgan fingerprint density at radius 3 is 1.54 bits per heavy atom. The lowest BCUT2D eigenvalue weighted by atomic mass is 9.98. The maximum atomic E-state index is 12.5. The number of nitrogens with one attached hydrogen (secondary N) is 1. The predicted molar refractivity (Wildman–Crippen MR) is 162 cm³/mol. The quantitative estimate of drug-likeness (QED) is 0.255. The molecule has 2 atom stereocenters. The van der Waals surface area contributed by atoms with Gasteiger partial charge in [0.25, 0.3) is 0 Å². The van der Waals surface area contributed by atoms with Gasteiger partial charge in [-0.25, -0.2) is 4.79 Å². The van der Waals surface area contributed by atoms with E-state index in [4.69, 9.17) is 4.74 Å². The summed E-state index contributed by atoms with van der Waals surface area (Å²) >= 11 is 0. The lowest BCUT2D eigenvalue weighted by molar-refractivity contribution is 0.0219. The third-order valence-electron chi connectivity index (χ3n) is 6.44. The zero-order valence-corrected chi connectivity index (χ0v) is 23.9. The molecule has 0 radical (unpaired) electrons. The van der Waals surface area contributed by atoms with Crippen LogP contribution in [0.4, 0.5) is 4.79 Å². The zero-order chi connectivity index (χ0) is 28.1. The van der Waals surface area contributed by atoms with Crippen LogP contribution in [-0.2, 0) is 17.6 Å². The average Bonchev–Trinajstić information content (AvgIpc) is 2.96. The first kappa shape index (κ1) is 29.7. The van der Waals surface area contributed by atoms with E-state index in [0.717, 1.165) is 18.4 Å². The molecule has 1 N–H and O–H groups in total. The van der Waals surface area contributed by atoms with Gasteiger partial charge < -0.3 is 15.0 Å². The van der Waals surface area contributed by atoms with E-state index < -0.39 is 5.60 Å². The third kappa shape index (κ3) is 10.1. The van der Waals surface area contributed by atoms with Gasteiger partial charge in [-0.2, -0.15) is 0 Å². The van der Waals surface area contributed by atoms with Gasteiger partial charge in [0.2, 0.25) is 0 Å². The van der Waals surface area contributed by atoms with Gasteiger partial charge in [-0.3, -0.25) is 0 Å². The molecule has 204 valence electrons. The molecule has 4 heteroatoms. The van der Waals surface area contributed by atoms with Crippen molar-refractivity contribution in [3.8, 4) is 0 Å². The van der Waals surface area contributed by atoms with Crippen LogP contribution in [0.15, 0.2) is 121 Å². The molecule has 0 bridgehead atoms. The van der Waals surface area contributed by atoms with E-state index in [0.29, 0.717) is 6.04 Å². The first-order valence-electron chi connectivity index (χ1n) is 13.6. The minimum Gasteiger partial charge on any atom is -0.444 e. The number of rotatable bonds is 8. The Morgan fingerprint density at radius 2 is 1.10 bits per heavy atom. The molecule has 4 aromatic carbocycles. The summed E-state index contributed by atoms with van der Waals surface area (Å²) in [6.45, 7) is 5.65. The Labute approximate surface area is 234 Å². The fourth-order valence-corrected chi connectivity index (χ4v) is 4.37. The number of carbonyl (C=O) groups excluding carboxylic acids is 1. The van der Waals surface area contributed by atoms with Crippen LogP contribution in [0.25, 0.3) is 0 Å². The van der Waals surface area contributed by atoms with Crippen molar-refractivity contribution in [1.82, 2.24) is 10.2 Å². The van der Waals surface area contributed by atoms with Crippen molar-refractivity contribution >= 4 is 6.09 Å². The van der Waals surface area contributed by atoms with Gasteiger partial charge in [-0.15, -0.1) is 0 Å². The highest BCUT2D eigenvalue weighted by molar-refractivity contribution is 5.68. The number of carbonyl (C=O) groups is 1. The van der Waals surface area contributed by atoms with Crippen LogP contribution in [0.5, 0.6) is 0 Å². The Morgan fingerprint density at radius 1 is 0.692 bits per heavy atom. The second-order valence-electron chi connectivity index (χ2n) is 10.6. The number of nitrogens with zero attached hydrogens (tertiary/aromatic N) is 1. The van der Waals surface area contributed by atoms with E-state index >= 15 is 0 Å². The number of hydrogen-bond acceptors (Lipinski definition) is 3. The van der Waals surface area contributed by atoms with E-state index in [1.54, 1.807) is 11.9 Å². The van der Waals surface area contributed by atoms with E-state index in [2.05, 4.69) is 90.2 Å². The number of ether oxygens (including phenoxy) is 1. The molecule has 0 aliphatic heterocycles. The molecule has 4 nitrogen and oxygen atoms in total. The molecule has 2 unspecified atom stereocenters. The molecule has 39 heavy (non-hydrogen) atoms. The average molecular weight is 523 g/mol. The van der Waals surface area contributed by atoms with Crippen LogP contribution in [0, 0.1) is 0 Å². The van der Waals surface area contributed by atoms with Crippen molar-refractivity contribution < 1.29 is 9.53 Å². The summed E-state index contributed by atoms with van der Waals surface area (Å²) in [5.41, 5.74) is 4.50. The smallest absolute Gasteiger partial charge is 0.410 e. The normalized spacial score (nSPS) is 12.4. The van der Waals surface area contributed by atoms with Crippen LogP contribution >= 0.6 is 0 Å². The predicted octanol–water partition coefficient (Wildman–Crippen LogP) is 8.03. The van der Waals surface area contributed by atoms with Gasteiger partial charge in [0.05, 0.1) is 6.04 Å². The highest BCUT2D eigenvalue weighted by atomic mass is 16.6. The number of benzene rings is 4. The molecule has 4 rings (SSSR count). The summed E-state index contributed by atoms with van der Waals surface area (Å²) in [6, 6.07) is 41.8. The van der Waals surface area contributed by atoms with Gasteiger partial charge in [0.1, 0.15) is 5.60 Å². The standard InChI is InChI=1S/C20H25NO2.C15H17N/c1-20(2,3)23-19(22)21(4)18(17-13-9-6-10-14-17)15-16-11-7-5-8-12-16;1-16-15(14-10-6-3-7-11-14)12-13-8-4-2-5-9-13/h5-14,18H,15H2,1-4H3;2-11,15-16H,12H2,1H3. The Bertz CT molecular complexity index is 1220. The third-order valence-corrected chi connectivity index (χ3v) is 6.44. The highest BCUT2D eigenvalue weighted by Gasteiger charge is 2.26. The molecular weight excluding hydrogens is 480 g/mol. The zero-order valence-electron chi connectivity index (χ0n) is 23.9. The maximum Gasteiger partial charge on any atom is 0.410 e. The summed E-state index contributed by atoms with van der Waals surface area (Å²) in [6.07, 6.45) is 1.48. The molecule has 4 aromatic rings. The molecule has 1 amide bonds. The Hall–Kier alpha value is -3.89. The highest BCUT2D eigenvalue weighted by Crippen LogP contribution is 2.26. The molecule has 0 saturated heterocycles. The maximum absolute atomic E-state index is 12.5. The monoisotopic (exact) mass is 522 g/mol. The topological polar surface area (TPSA) is 41.6 Å². The van der Waals surface area contributed by atoms with Crippen molar-refractivity contribution in [3.05, 3.63) is 144 Å². The van der Waals surface area contributed by atoms with Gasteiger partial charge in [-0.05, 0) is 62.9 Å². The molecule has 0 aliphatic carbocycles. The summed E-state index contributed by atoms with van der Waals surface area (Å²) in [5.74, 6) is 0. The number of likely N-dealkylation sites (N-methyl/N-ethyl adjacent to an activating group) is 2. The Balaban J connectivity index is 0.000000230. The fourth-order valence-electron chi connectivity index (χ4n) is 4.37. The van der Waals surface area contributed by atoms with Gasteiger partial charge in [0, 0.05) is 13.1 Å². The Kier molecular flexibility index (Phi) is 11.3. The minimum absolute atomic E-state index is 0.0616. The molecule has 0 heterocycles. The summed E-state index contributed by atoms with van der Waals surface area (Å²) in [5, 5.41) is 3.37. The van der Waals surface area contributed by atoms with Crippen LogP contribution in [0.1, 0.15) is 55.1 Å². The minimum atomic E-state index is -0.501. The molecule has 0 aliphatic rings. The van der Waals surface area contributed by atoms with E-state index in [9.17, 15) is 4.79 Å². The van der Waals surface area contributed by atoms with Crippen molar-refractivity contribution in [2.45, 2.75) is 51.3 Å². The molecular formula is C35H42N2O2. The van der Waals surface area contributed by atoms with E-state index in [-0.39, 0.29) is 12.1 Å². The van der Waals surface area contributed by atoms with Crippen molar-refractivity contribution in [1.29, 1.82) is 0 Å². The molecule has 0 spiro atoms. The van der Waals surface area contributed by atoms with E-state index in [1.807, 2.05) is 64.2 Å². The second-order valence-corrected chi connectivity index (χ2v) is 10.6. The SMILES string of the molecule is CN(C(=O)OC(C)(C)C)C(Cc1ccccc1)c1ccccc1.CNC(Cc1ccccc1)c1ccccc1. The van der Waals surface area contributed by atoms with Gasteiger partial charge in [0.15, 0.2) is 0 Å². The van der Waals surface area contributed by atoms with Crippen molar-refractivity contribution in [2.75, 3.05) is 14.1 Å². The first-order chi connectivity index (χ1) is 18.8. The van der Waals surface area contributed by atoms with Crippen LogP contribution < -0.4 is 5.32 Å². The second kappa shape index (κ2) is 14.9. The van der Waals surface area contributed by atoms with Gasteiger partial charge in [-0.1, -0.05) is 121 Å². The lowest BCUT2D eigenvalue weighted by Gasteiger charge is -2.31. The lowest BCUT2D eigenvalue weighted by Crippen LogP contribution is -2.37. The molecule has 0 aromatic heterocycles. The number of amides is 1. The van der Waals surface area contributed by atoms with Gasteiger partial charge >= 0.3 is 6.09 Å². The van der Waals surface area contributed by atoms with Crippen LogP contribution in [0.3, 0.4) is 0 Å². The molecule has 0 saturated carbocycles. The largest absolute Gasteiger partial charge is 0.444 e.